The summed E-state index contributed by atoms with van der Waals surface area (Å²) in [6.07, 6.45) is 2.13. The SMILES string of the molecule is Cc1nn(C)c(N(C)C)c1CNCC1(c2ccccc2)CCOCC1. The summed E-state index contributed by atoms with van der Waals surface area (Å²) >= 11 is 0. The van der Waals surface area contributed by atoms with Crippen LogP contribution in [0.5, 0.6) is 0 Å². The number of aromatic nitrogens is 2. The highest BCUT2D eigenvalue weighted by Crippen LogP contribution is 2.34. The van der Waals surface area contributed by atoms with Crippen LogP contribution in [0.25, 0.3) is 0 Å². The maximum atomic E-state index is 5.64. The molecule has 0 spiro atoms. The van der Waals surface area contributed by atoms with Crippen LogP contribution in [0.1, 0.15) is 29.7 Å². The summed E-state index contributed by atoms with van der Waals surface area (Å²) in [5.41, 5.74) is 3.96. The van der Waals surface area contributed by atoms with Gasteiger partial charge in [0.25, 0.3) is 0 Å². The summed E-state index contributed by atoms with van der Waals surface area (Å²) in [5, 5.41) is 8.31. The zero-order valence-electron chi connectivity index (χ0n) is 15.9. The average Bonchev–Trinajstić information content (AvgIpc) is 2.90. The first-order valence-electron chi connectivity index (χ1n) is 9.07. The van der Waals surface area contributed by atoms with Crippen molar-refractivity contribution in [3.05, 3.63) is 47.2 Å². The molecule has 1 aromatic heterocycles. The van der Waals surface area contributed by atoms with Gasteiger partial charge in [0.05, 0.1) is 5.69 Å². The lowest BCUT2D eigenvalue weighted by Crippen LogP contribution is -2.42. The van der Waals surface area contributed by atoms with Gasteiger partial charge in [-0.15, -0.1) is 0 Å². The molecule has 0 atom stereocenters. The number of aryl methyl sites for hydroxylation is 2. The fraction of sp³-hybridized carbons (Fsp3) is 0.550. The van der Waals surface area contributed by atoms with Crippen molar-refractivity contribution in [2.75, 3.05) is 38.8 Å². The Labute approximate surface area is 151 Å². The van der Waals surface area contributed by atoms with Gasteiger partial charge in [0.1, 0.15) is 5.82 Å². The second-order valence-electron chi connectivity index (χ2n) is 7.27. The molecule has 0 saturated carbocycles. The highest BCUT2D eigenvalue weighted by Gasteiger charge is 2.34. The molecule has 136 valence electrons. The molecule has 0 unspecified atom stereocenters. The zero-order chi connectivity index (χ0) is 17.9. The fourth-order valence-electron chi connectivity index (χ4n) is 4.00. The van der Waals surface area contributed by atoms with E-state index in [1.807, 2.05) is 11.7 Å². The summed E-state index contributed by atoms with van der Waals surface area (Å²) in [7, 11) is 6.16. The second-order valence-corrected chi connectivity index (χ2v) is 7.27. The quantitative estimate of drug-likeness (QED) is 0.876. The fourth-order valence-corrected chi connectivity index (χ4v) is 4.00. The number of anilines is 1. The number of hydrogen-bond acceptors (Lipinski definition) is 4. The molecular formula is C20H30N4O. The largest absolute Gasteiger partial charge is 0.381 e. The van der Waals surface area contributed by atoms with Crippen molar-refractivity contribution in [2.24, 2.45) is 7.05 Å². The molecule has 0 bridgehead atoms. The van der Waals surface area contributed by atoms with Gasteiger partial charge in [0.2, 0.25) is 0 Å². The van der Waals surface area contributed by atoms with Gasteiger partial charge in [-0.1, -0.05) is 30.3 Å². The highest BCUT2D eigenvalue weighted by atomic mass is 16.5. The van der Waals surface area contributed by atoms with Crippen LogP contribution < -0.4 is 10.2 Å². The molecule has 1 aliphatic rings. The van der Waals surface area contributed by atoms with E-state index < -0.39 is 0 Å². The molecule has 5 heteroatoms. The molecule has 5 nitrogen and oxygen atoms in total. The maximum absolute atomic E-state index is 5.64. The zero-order valence-corrected chi connectivity index (χ0v) is 15.9. The van der Waals surface area contributed by atoms with Crippen LogP contribution in [0, 0.1) is 6.92 Å². The molecule has 0 aliphatic carbocycles. The van der Waals surface area contributed by atoms with E-state index in [1.165, 1.54) is 16.9 Å². The van der Waals surface area contributed by atoms with Crippen LogP contribution in [0.4, 0.5) is 5.82 Å². The van der Waals surface area contributed by atoms with Crippen molar-refractivity contribution >= 4 is 5.82 Å². The molecule has 25 heavy (non-hydrogen) atoms. The van der Waals surface area contributed by atoms with Gasteiger partial charge in [-0.25, -0.2) is 0 Å². The van der Waals surface area contributed by atoms with Crippen LogP contribution in [-0.2, 0) is 23.7 Å². The van der Waals surface area contributed by atoms with Crippen LogP contribution in [0.3, 0.4) is 0 Å². The minimum atomic E-state index is 0.161. The first-order chi connectivity index (χ1) is 12.0. The summed E-state index contributed by atoms with van der Waals surface area (Å²) in [5.74, 6) is 1.17. The molecule has 0 radical (unpaired) electrons. The molecule has 1 N–H and O–H groups in total. The van der Waals surface area contributed by atoms with Gasteiger partial charge in [0, 0.05) is 58.4 Å². The Hall–Kier alpha value is -1.85. The van der Waals surface area contributed by atoms with Gasteiger partial charge in [0.15, 0.2) is 0 Å². The van der Waals surface area contributed by atoms with E-state index in [1.54, 1.807) is 0 Å². The topological polar surface area (TPSA) is 42.3 Å². The first-order valence-corrected chi connectivity index (χ1v) is 9.07. The van der Waals surface area contributed by atoms with Crippen LogP contribution in [0.15, 0.2) is 30.3 Å². The summed E-state index contributed by atoms with van der Waals surface area (Å²) in [6, 6.07) is 10.9. The monoisotopic (exact) mass is 342 g/mol. The van der Waals surface area contributed by atoms with E-state index in [4.69, 9.17) is 4.74 Å². The Kier molecular flexibility index (Phi) is 5.45. The van der Waals surface area contributed by atoms with E-state index in [2.05, 4.69) is 66.7 Å². The van der Waals surface area contributed by atoms with Crippen LogP contribution >= 0.6 is 0 Å². The van der Waals surface area contributed by atoms with Crippen molar-refractivity contribution in [1.82, 2.24) is 15.1 Å². The Bertz CT molecular complexity index is 687. The predicted octanol–water partition coefficient (Wildman–Crippen LogP) is 2.63. The van der Waals surface area contributed by atoms with E-state index in [0.29, 0.717) is 0 Å². The summed E-state index contributed by atoms with van der Waals surface area (Å²) in [6.45, 7) is 5.56. The van der Waals surface area contributed by atoms with Crippen molar-refractivity contribution < 1.29 is 4.74 Å². The van der Waals surface area contributed by atoms with E-state index >= 15 is 0 Å². The maximum Gasteiger partial charge on any atom is 0.130 e. The smallest absolute Gasteiger partial charge is 0.130 e. The van der Waals surface area contributed by atoms with Crippen molar-refractivity contribution in [3.63, 3.8) is 0 Å². The van der Waals surface area contributed by atoms with Crippen molar-refractivity contribution in [1.29, 1.82) is 0 Å². The van der Waals surface area contributed by atoms with Gasteiger partial charge in [-0.2, -0.15) is 5.10 Å². The standard InChI is InChI=1S/C20H30N4O/c1-16-18(19(23(2)3)24(4)22-16)14-21-15-20(10-12-25-13-11-20)17-8-6-5-7-9-17/h5-9,21H,10-15H2,1-4H3. The number of rotatable bonds is 6. The normalized spacial score (nSPS) is 16.8. The summed E-state index contributed by atoms with van der Waals surface area (Å²) in [4.78, 5) is 2.14. The number of nitrogens with one attached hydrogen (secondary N) is 1. The molecule has 2 aromatic rings. The van der Waals surface area contributed by atoms with Crippen LogP contribution in [-0.4, -0.2) is 43.6 Å². The van der Waals surface area contributed by atoms with E-state index in [9.17, 15) is 0 Å². The second kappa shape index (κ2) is 7.58. The molecule has 1 fully saturated rings. The number of hydrogen-bond donors (Lipinski definition) is 1. The van der Waals surface area contributed by atoms with Gasteiger partial charge < -0.3 is 15.0 Å². The predicted molar refractivity (Wildman–Crippen MR) is 102 cm³/mol. The minimum Gasteiger partial charge on any atom is -0.381 e. The molecule has 1 aliphatic heterocycles. The molecule has 2 heterocycles. The third kappa shape index (κ3) is 3.72. The number of nitrogens with zero attached hydrogens (tertiary/aromatic N) is 3. The lowest BCUT2D eigenvalue weighted by atomic mass is 9.74. The van der Waals surface area contributed by atoms with Gasteiger partial charge in [-0.3, -0.25) is 4.68 Å². The van der Waals surface area contributed by atoms with Crippen molar-refractivity contribution in [2.45, 2.75) is 31.7 Å². The first kappa shape index (κ1) is 18.0. The van der Waals surface area contributed by atoms with E-state index in [0.717, 1.165) is 44.8 Å². The third-order valence-electron chi connectivity index (χ3n) is 5.34. The van der Waals surface area contributed by atoms with Crippen molar-refractivity contribution in [3.8, 4) is 0 Å². The Morgan fingerprint density at radius 2 is 1.88 bits per heavy atom. The Balaban J connectivity index is 1.75. The molecule has 1 saturated heterocycles. The number of benzene rings is 1. The highest BCUT2D eigenvalue weighted by molar-refractivity contribution is 5.48. The molecule has 0 amide bonds. The third-order valence-corrected chi connectivity index (χ3v) is 5.34. The number of ether oxygens (including phenoxy) is 1. The lowest BCUT2D eigenvalue weighted by Gasteiger charge is -2.38. The molecule has 3 rings (SSSR count). The summed E-state index contributed by atoms with van der Waals surface area (Å²) < 4.78 is 7.60. The van der Waals surface area contributed by atoms with Gasteiger partial charge >= 0.3 is 0 Å². The van der Waals surface area contributed by atoms with E-state index in [-0.39, 0.29) is 5.41 Å². The lowest BCUT2D eigenvalue weighted by molar-refractivity contribution is 0.0498. The van der Waals surface area contributed by atoms with Crippen LogP contribution in [0.2, 0.25) is 0 Å². The molecule has 1 aromatic carbocycles. The van der Waals surface area contributed by atoms with Gasteiger partial charge in [-0.05, 0) is 25.3 Å². The Morgan fingerprint density at radius 1 is 1.20 bits per heavy atom. The average molecular weight is 342 g/mol. The Morgan fingerprint density at radius 3 is 2.52 bits per heavy atom. The minimum absolute atomic E-state index is 0.161. The molecular weight excluding hydrogens is 312 g/mol.